The van der Waals surface area contributed by atoms with Gasteiger partial charge in [0.25, 0.3) is 11.8 Å². The summed E-state index contributed by atoms with van der Waals surface area (Å²) in [6, 6.07) is 10.3. The Balaban J connectivity index is 1.26. The predicted octanol–water partition coefficient (Wildman–Crippen LogP) is -3.52. The number of phenols is 6. The van der Waals surface area contributed by atoms with Crippen LogP contribution in [0.15, 0.2) is 48.5 Å². The van der Waals surface area contributed by atoms with Crippen molar-refractivity contribution in [3.63, 3.8) is 0 Å². The molecule has 0 spiro atoms. The molecule has 0 heterocycles. The van der Waals surface area contributed by atoms with Crippen LogP contribution >= 0.6 is 0 Å². The number of hydrogen-bond acceptors (Lipinski definition) is 14. The zero-order chi connectivity index (χ0) is 41.4. The monoisotopic (exact) mass is 782 g/mol. The third-order valence-corrected chi connectivity index (χ3v) is 7.24. The lowest BCUT2D eigenvalue weighted by Gasteiger charge is -2.11. The Morgan fingerprint density at radius 3 is 0.946 bits per heavy atom. The molecule has 14 N–H and O–H groups in total. The maximum absolute atomic E-state index is 12.2. The first-order valence-electron chi connectivity index (χ1n) is 16.3. The summed E-state index contributed by atoms with van der Waals surface area (Å²) in [5, 5.41) is 75.4. The Morgan fingerprint density at radius 1 is 0.375 bits per heavy atom. The van der Waals surface area contributed by atoms with E-state index in [1.807, 2.05) is 0 Å². The van der Waals surface area contributed by atoms with Gasteiger partial charge in [0.15, 0.2) is 34.5 Å². The van der Waals surface area contributed by atoms with Gasteiger partial charge in [-0.1, -0.05) is 24.3 Å². The fraction of sp³-hybridized carbons (Fsp3) is 0.235. The summed E-state index contributed by atoms with van der Waals surface area (Å²) >= 11 is 0. The summed E-state index contributed by atoms with van der Waals surface area (Å²) in [6.45, 7) is -2.84. The summed E-state index contributed by atoms with van der Waals surface area (Å²) in [7, 11) is 0. The van der Waals surface area contributed by atoms with E-state index in [9.17, 15) is 69.0 Å². The molecule has 0 saturated heterocycles. The molecule has 0 radical (unpaired) electrons. The third kappa shape index (κ3) is 14.0. The van der Waals surface area contributed by atoms with Gasteiger partial charge in [-0.2, -0.15) is 0 Å². The number of rotatable bonds is 18. The molecule has 0 atom stereocenters. The van der Waals surface area contributed by atoms with Crippen LogP contribution in [0.25, 0.3) is 0 Å². The van der Waals surface area contributed by atoms with Crippen LogP contribution in [-0.4, -0.2) is 117 Å². The van der Waals surface area contributed by atoms with Gasteiger partial charge in [0.05, 0.1) is 39.3 Å². The second kappa shape index (κ2) is 20.5. The molecular weight excluding hydrogens is 744 g/mol. The molecule has 3 rings (SSSR count). The quantitative estimate of drug-likeness (QED) is 0.0557. The van der Waals surface area contributed by atoms with Crippen LogP contribution in [0.3, 0.4) is 0 Å². The van der Waals surface area contributed by atoms with Crippen molar-refractivity contribution in [1.29, 1.82) is 0 Å². The van der Waals surface area contributed by atoms with E-state index in [2.05, 4.69) is 42.5 Å². The maximum Gasteiger partial charge on any atom is 0.251 e. The second-order valence-electron chi connectivity index (χ2n) is 11.6. The van der Waals surface area contributed by atoms with Crippen LogP contribution in [0.4, 0.5) is 0 Å². The highest BCUT2D eigenvalue weighted by Crippen LogP contribution is 2.36. The van der Waals surface area contributed by atoms with Crippen molar-refractivity contribution < 1.29 is 69.0 Å². The van der Waals surface area contributed by atoms with Crippen LogP contribution in [-0.2, 0) is 41.9 Å². The van der Waals surface area contributed by atoms with Crippen LogP contribution in [0.5, 0.6) is 34.5 Å². The Kier molecular flexibility index (Phi) is 15.6. The minimum Gasteiger partial charge on any atom is -0.504 e. The van der Waals surface area contributed by atoms with Crippen molar-refractivity contribution in [1.82, 2.24) is 42.5 Å². The van der Waals surface area contributed by atoms with E-state index in [-0.39, 0.29) is 24.2 Å². The van der Waals surface area contributed by atoms with Gasteiger partial charge < -0.3 is 73.2 Å². The zero-order valence-electron chi connectivity index (χ0n) is 29.2. The van der Waals surface area contributed by atoms with Crippen LogP contribution in [0.1, 0.15) is 31.8 Å². The Morgan fingerprint density at radius 2 is 0.643 bits per heavy atom. The molecule has 0 saturated carbocycles. The van der Waals surface area contributed by atoms with E-state index in [0.29, 0.717) is 11.1 Å². The van der Waals surface area contributed by atoms with E-state index in [0.717, 1.165) is 24.3 Å². The lowest BCUT2D eigenvalue weighted by Crippen LogP contribution is -2.44. The van der Waals surface area contributed by atoms with E-state index < -0.39 is 121 Å². The first-order valence-corrected chi connectivity index (χ1v) is 16.3. The average Bonchev–Trinajstić information content (AvgIpc) is 3.17. The fourth-order valence-electron chi connectivity index (χ4n) is 4.34. The van der Waals surface area contributed by atoms with Crippen molar-refractivity contribution in [3.8, 4) is 34.5 Å². The molecule has 0 unspecified atom stereocenters. The van der Waals surface area contributed by atoms with E-state index >= 15 is 0 Å². The van der Waals surface area contributed by atoms with Crippen molar-refractivity contribution in [2.45, 2.75) is 13.1 Å². The summed E-state index contributed by atoms with van der Waals surface area (Å²) in [6.07, 6.45) is 0. The van der Waals surface area contributed by atoms with Crippen molar-refractivity contribution in [2.24, 2.45) is 0 Å². The Hall–Kier alpha value is -7.78. The normalized spacial score (nSPS) is 10.3. The van der Waals surface area contributed by atoms with Gasteiger partial charge in [0.1, 0.15) is 0 Å². The SMILES string of the molecule is O=C(CNC(=O)CNC(=O)c1cc(O)c(O)c(O)c1)NCC(=O)NCc1cccc(CNC(=O)CNC(=O)CNC(=O)CNC(=O)c2cc(O)c(O)c(O)c2)c1. The molecular formula is C34H38N8O14. The average molecular weight is 783 g/mol. The zero-order valence-corrected chi connectivity index (χ0v) is 29.2. The molecule has 8 amide bonds. The van der Waals surface area contributed by atoms with Gasteiger partial charge in [-0.05, 0) is 35.4 Å². The topological polar surface area (TPSA) is 354 Å². The van der Waals surface area contributed by atoms with Gasteiger partial charge in [-0.3, -0.25) is 38.4 Å². The van der Waals surface area contributed by atoms with E-state index in [4.69, 9.17) is 0 Å². The molecule has 0 aliphatic rings. The molecule has 22 heteroatoms. The van der Waals surface area contributed by atoms with Crippen LogP contribution in [0, 0.1) is 0 Å². The standard InChI is InChI=1S/C34H38N8O14/c43-21-5-19(6-22(44)31(21)53)33(55)41-15-29(51)39-13-27(49)37-11-25(47)35-9-17-2-1-3-18(4-17)10-36-26(48)12-38-28(50)14-40-30(52)16-42-34(56)20-7-23(45)32(54)24(46)8-20/h1-8,43-46,53-54H,9-16H2,(H,35,47)(H,36,48)(H,37,49)(H,38,50)(H,39,51)(H,40,52)(H,41,55)(H,42,56). The van der Waals surface area contributed by atoms with Crippen LogP contribution < -0.4 is 42.5 Å². The molecule has 0 aliphatic heterocycles. The lowest BCUT2D eigenvalue weighted by molar-refractivity contribution is -0.127. The molecule has 22 nitrogen and oxygen atoms in total. The summed E-state index contributed by atoms with van der Waals surface area (Å²) in [5.74, 6) is -10.3. The van der Waals surface area contributed by atoms with E-state index in [1.165, 1.54) is 0 Å². The number of benzene rings is 3. The first-order chi connectivity index (χ1) is 26.5. The van der Waals surface area contributed by atoms with Gasteiger partial charge in [-0.25, -0.2) is 0 Å². The number of amides is 8. The minimum absolute atomic E-state index is 0.0684. The molecule has 3 aromatic rings. The number of phenolic OH excluding ortho intramolecular Hbond substituents is 6. The van der Waals surface area contributed by atoms with Crippen molar-refractivity contribution >= 4 is 47.3 Å². The molecule has 0 bridgehead atoms. The van der Waals surface area contributed by atoms with Gasteiger partial charge in [-0.15, -0.1) is 0 Å². The number of aromatic hydroxyl groups is 6. The third-order valence-electron chi connectivity index (χ3n) is 7.24. The van der Waals surface area contributed by atoms with Crippen LogP contribution in [0.2, 0.25) is 0 Å². The Bertz CT molecular complexity index is 1820. The second-order valence-corrected chi connectivity index (χ2v) is 11.6. The number of carbonyl (C=O) groups excluding carboxylic acids is 8. The lowest BCUT2D eigenvalue weighted by atomic mass is 10.1. The number of carbonyl (C=O) groups is 8. The molecule has 56 heavy (non-hydrogen) atoms. The molecule has 298 valence electrons. The van der Waals surface area contributed by atoms with Gasteiger partial charge >= 0.3 is 0 Å². The predicted molar refractivity (Wildman–Crippen MR) is 190 cm³/mol. The highest BCUT2D eigenvalue weighted by atomic mass is 16.3. The highest BCUT2D eigenvalue weighted by Gasteiger charge is 2.17. The summed E-state index contributed by atoms with van der Waals surface area (Å²) in [4.78, 5) is 96.7. The highest BCUT2D eigenvalue weighted by molar-refractivity contribution is 5.99. The molecule has 0 aliphatic carbocycles. The minimum atomic E-state index is -0.851. The first kappa shape index (κ1) is 42.6. The summed E-state index contributed by atoms with van der Waals surface area (Å²) in [5.41, 5.74) is 0.840. The van der Waals surface area contributed by atoms with Gasteiger partial charge in [0.2, 0.25) is 35.4 Å². The van der Waals surface area contributed by atoms with Gasteiger partial charge in [0, 0.05) is 24.2 Å². The molecule has 0 aromatic heterocycles. The number of nitrogens with one attached hydrogen (secondary N) is 8. The van der Waals surface area contributed by atoms with Crippen molar-refractivity contribution in [2.75, 3.05) is 39.3 Å². The Labute approximate surface area is 316 Å². The summed E-state index contributed by atoms with van der Waals surface area (Å²) < 4.78 is 0. The fourth-order valence-corrected chi connectivity index (χ4v) is 4.34. The smallest absolute Gasteiger partial charge is 0.251 e. The van der Waals surface area contributed by atoms with E-state index in [1.54, 1.807) is 24.3 Å². The van der Waals surface area contributed by atoms with Crippen molar-refractivity contribution in [3.05, 3.63) is 70.8 Å². The number of hydrogen-bond donors (Lipinski definition) is 14. The molecule has 0 fully saturated rings. The maximum atomic E-state index is 12.2. The largest absolute Gasteiger partial charge is 0.504 e. The molecule has 3 aromatic carbocycles.